The van der Waals surface area contributed by atoms with Gasteiger partial charge in [0.1, 0.15) is 32.0 Å². The van der Waals surface area contributed by atoms with Gasteiger partial charge in [0.05, 0.1) is 20.9 Å². The normalized spacial score (nSPS) is 11.3. The zero-order valence-corrected chi connectivity index (χ0v) is 36.5. The third-order valence-corrected chi connectivity index (χ3v) is 11.1. The monoisotopic (exact) mass is 854 g/mol. The van der Waals surface area contributed by atoms with Gasteiger partial charge in [0.15, 0.2) is 0 Å². The third kappa shape index (κ3) is 9.64. The summed E-state index contributed by atoms with van der Waals surface area (Å²) in [5, 5.41) is 32.9. The maximum Gasteiger partial charge on any atom is 0.270 e. The lowest BCUT2D eigenvalue weighted by Crippen LogP contribution is -2.38. The summed E-state index contributed by atoms with van der Waals surface area (Å²) in [6.45, 7) is 12.9. The summed E-state index contributed by atoms with van der Waals surface area (Å²) >= 11 is 3.25. The van der Waals surface area contributed by atoms with Gasteiger partial charge in [-0.05, 0) is 44.8 Å². The van der Waals surface area contributed by atoms with Crippen molar-refractivity contribution < 1.29 is 9.85 Å². The van der Waals surface area contributed by atoms with Crippen LogP contribution in [-0.4, -0.2) is 45.6 Å². The van der Waals surface area contributed by atoms with Crippen LogP contribution in [0, 0.1) is 43.7 Å². The topological polar surface area (TPSA) is 122 Å². The summed E-state index contributed by atoms with van der Waals surface area (Å²) in [6.07, 6.45) is 5.12. The number of terminal acetylenes is 1. The molecule has 0 saturated heterocycles. The summed E-state index contributed by atoms with van der Waals surface area (Å²) in [4.78, 5) is 21.4. The molecule has 5 aromatic carbocycles. The highest BCUT2D eigenvalue weighted by Gasteiger charge is 2.41. The summed E-state index contributed by atoms with van der Waals surface area (Å²) < 4.78 is 4.29. The molecular formula is C44H43BrN6O4Si2. The Morgan fingerprint density at radius 2 is 1.07 bits per heavy atom. The van der Waals surface area contributed by atoms with Gasteiger partial charge in [-0.25, -0.2) is 4.68 Å². The Kier molecular flexibility index (Phi) is 12.8. The second kappa shape index (κ2) is 17.3. The van der Waals surface area contributed by atoms with Crippen molar-refractivity contribution in [3.05, 3.63) is 175 Å². The number of nitro benzene ring substituents is 2. The number of rotatable bonds is 6. The molecular weight excluding hydrogens is 813 g/mol. The van der Waals surface area contributed by atoms with Gasteiger partial charge in [-0.2, -0.15) is 10.2 Å². The lowest BCUT2D eigenvalue weighted by atomic mass is 9.77. The first-order valence-corrected chi connectivity index (χ1v) is 25.9. The van der Waals surface area contributed by atoms with Crippen LogP contribution in [0.1, 0.15) is 22.4 Å². The summed E-state index contributed by atoms with van der Waals surface area (Å²) in [7, 11) is -1.05. The number of non-ortho nitro benzene ring substituents is 2. The van der Waals surface area contributed by atoms with E-state index in [1.54, 1.807) is 36.0 Å². The minimum atomic E-state index is -1.74. The summed E-state index contributed by atoms with van der Waals surface area (Å²) in [5.74, 6) is 3.30. The molecule has 0 fully saturated rings. The van der Waals surface area contributed by atoms with Crippen LogP contribution in [0.4, 0.5) is 11.4 Å². The predicted molar refractivity (Wildman–Crippen MR) is 238 cm³/mol. The van der Waals surface area contributed by atoms with Crippen LogP contribution in [0.5, 0.6) is 0 Å². The highest BCUT2D eigenvalue weighted by Crippen LogP contribution is 2.43. The number of hydrogen-bond acceptors (Lipinski definition) is 6. The fourth-order valence-corrected chi connectivity index (χ4v) is 7.09. The molecule has 0 aliphatic heterocycles. The second-order valence-electron chi connectivity index (χ2n) is 15.3. The van der Waals surface area contributed by atoms with E-state index in [0.717, 1.165) is 33.1 Å². The van der Waals surface area contributed by atoms with E-state index in [1.165, 1.54) is 12.1 Å². The molecule has 0 spiro atoms. The van der Waals surface area contributed by atoms with Crippen LogP contribution < -0.4 is 0 Å². The minimum Gasteiger partial charge on any atom is -0.267 e. The average molecular weight is 856 g/mol. The van der Waals surface area contributed by atoms with Crippen molar-refractivity contribution in [1.29, 1.82) is 0 Å². The predicted octanol–water partition coefficient (Wildman–Crippen LogP) is 10.8. The Balaban J connectivity index is 0.000000254. The lowest BCUT2D eigenvalue weighted by Gasteiger charge is -2.37. The molecule has 2 heterocycles. The minimum absolute atomic E-state index is 0.0211. The van der Waals surface area contributed by atoms with Gasteiger partial charge in [-0.1, -0.05) is 136 Å². The number of hydrogen-bond donors (Lipinski definition) is 0. The molecule has 13 heteroatoms. The standard InChI is InChI=1S/C31H27N3O2Si.C8H6BrN3O2.C5H10Si/c1-37(2,3)22-21-29-28-23-27(34(35)36)19-20-30(28)33(32-29)31(24-13-7-4-8-14-24,25-15-9-5-10-16-25)26-17-11-6-12-18-26;1-11-7-3-2-5(12(13)14)4-6(7)8(9)10-11;1-5-6(2,3)4/h4-20,23H,1-3H3;2-4H,1H3;1H,2-4H3. The van der Waals surface area contributed by atoms with Crippen molar-refractivity contribution in [2.24, 2.45) is 7.05 Å². The maximum absolute atomic E-state index is 11.7. The molecule has 0 saturated carbocycles. The van der Waals surface area contributed by atoms with Crippen LogP contribution in [0.25, 0.3) is 21.8 Å². The SMILES string of the molecule is C#C[Si](C)(C)C.C[Si](C)(C)C#Cc1nn(C(c2ccccc2)(c2ccccc2)c2ccccc2)c2ccc([N+](=O)[O-])cc12.Cn1nc(Br)c2cc([N+](=O)[O-])ccc21. The highest BCUT2D eigenvalue weighted by molar-refractivity contribution is 9.10. The van der Waals surface area contributed by atoms with Crippen LogP contribution >= 0.6 is 15.9 Å². The molecule has 57 heavy (non-hydrogen) atoms. The van der Waals surface area contributed by atoms with Gasteiger partial charge in [-0.3, -0.25) is 24.9 Å². The maximum atomic E-state index is 11.7. The first-order valence-electron chi connectivity index (χ1n) is 18.1. The number of aryl methyl sites for hydroxylation is 1. The van der Waals surface area contributed by atoms with Gasteiger partial charge >= 0.3 is 0 Å². The number of halogens is 1. The van der Waals surface area contributed by atoms with Gasteiger partial charge in [-0.15, -0.1) is 17.5 Å². The van der Waals surface area contributed by atoms with E-state index < -0.39 is 26.6 Å². The molecule has 7 rings (SSSR count). The van der Waals surface area contributed by atoms with Crippen molar-refractivity contribution in [1.82, 2.24) is 19.6 Å². The van der Waals surface area contributed by atoms with E-state index in [9.17, 15) is 20.2 Å². The molecule has 0 aliphatic carbocycles. The van der Waals surface area contributed by atoms with Crippen molar-refractivity contribution in [3.8, 4) is 23.4 Å². The van der Waals surface area contributed by atoms with E-state index >= 15 is 0 Å². The zero-order chi connectivity index (χ0) is 41.5. The summed E-state index contributed by atoms with van der Waals surface area (Å²) in [5.41, 5.74) is 10.7. The van der Waals surface area contributed by atoms with Gasteiger partial charge in [0.2, 0.25) is 0 Å². The number of benzene rings is 5. The largest absolute Gasteiger partial charge is 0.270 e. The quantitative estimate of drug-likeness (QED) is 0.0540. The number of aromatic nitrogens is 4. The van der Waals surface area contributed by atoms with Crippen LogP contribution in [0.2, 0.25) is 39.3 Å². The van der Waals surface area contributed by atoms with Crippen molar-refractivity contribution in [2.75, 3.05) is 0 Å². The van der Waals surface area contributed by atoms with Crippen LogP contribution in [0.15, 0.2) is 132 Å². The molecule has 7 aromatic rings. The first-order chi connectivity index (χ1) is 27.0. The Labute approximate surface area is 343 Å². The van der Waals surface area contributed by atoms with Crippen LogP contribution in [0.3, 0.4) is 0 Å². The van der Waals surface area contributed by atoms with Crippen molar-refractivity contribution in [2.45, 2.75) is 44.8 Å². The molecule has 0 aliphatic rings. The van der Waals surface area contributed by atoms with E-state index in [1.807, 2.05) is 59.3 Å². The van der Waals surface area contributed by atoms with Gasteiger partial charge < -0.3 is 0 Å². The van der Waals surface area contributed by atoms with Gasteiger partial charge in [0.25, 0.3) is 11.4 Å². The smallest absolute Gasteiger partial charge is 0.267 e. The van der Waals surface area contributed by atoms with E-state index in [2.05, 4.69) is 114 Å². The number of fused-ring (bicyclic) bond motifs is 2. The molecule has 0 bridgehead atoms. The lowest BCUT2D eigenvalue weighted by molar-refractivity contribution is -0.384. The number of nitro groups is 2. The highest BCUT2D eigenvalue weighted by atomic mass is 79.9. The Bertz CT molecular complexity index is 2550. The molecule has 0 atom stereocenters. The Morgan fingerprint density at radius 3 is 1.47 bits per heavy atom. The molecule has 2 aromatic heterocycles. The van der Waals surface area contributed by atoms with E-state index in [4.69, 9.17) is 11.5 Å². The molecule has 10 nitrogen and oxygen atoms in total. The molecule has 0 N–H and O–H groups in total. The van der Waals surface area contributed by atoms with Crippen LogP contribution in [-0.2, 0) is 12.6 Å². The Morgan fingerprint density at radius 1 is 0.649 bits per heavy atom. The fourth-order valence-electron chi connectivity index (χ4n) is 6.04. The Hall–Kier alpha value is -6.13. The average Bonchev–Trinajstić information content (AvgIpc) is 3.70. The first kappa shape index (κ1) is 42.0. The van der Waals surface area contributed by atoms with Crippen molar-refractivity contribution in [3.63, 3.8) is 0 Å². The van der Waals surface area contributed by atoms with E-state index in [-0.39, 0.29) is 16.3 Å². The fraction of sp³-hybridized carbons (Fsp3) is 0.182. The molecule has 0 amide bonds. The molecule has 0 unspecified atom stereocenters. The summed E-state index contributed by atoms with van der Waals surface area (Å²) in [6, 6.07) is 40.4. The third-order valence-electron chi connectivity index (χ3n) is 8.76. The second-order valence-corrected chi connectivity index (χ2v) is 25.6. The zero-order valence-electron chi connectivity index (χ0n) is 32.9. The molecule has 288 valence electrons. The van der Waals surface area contributed by atoms with Crippen molar-refractivity contribution >= 4 is 65.3 Å². The molecule has 0 radical (unpaired) electrons. The number of nitrogens with zero attached hydrogens (tertiary/aromatic N) is 6. The van der Waals surface area contributed by atoms with Gasteiger partial charge in [0, 0.05) is 42.1 Å². The van der Waals surface area contributed by atoms with E-state index in [0.29, 0.717) is 15.7 Å².